The molecule has 0 aliphatic rings. The largest absolute Gasteiger partial charge is 0.462 e. The molecule has 5 nitrogen and oxygen atoms in total. The number of ether oxygens (including phenoxy) is 1. The van der Waals surface area contributed by atoms with Crippen molar-refractivity contribution < 1.29 is 19.1 Å². The molecule has 21 heavy (non-hydrogen) atoms. The Hall–Kier alpha value is -2.11. The van der Waals surface area contributed by atoms with E-state index in [1.54, 1.807) is 19.1 Å². The van der Waals surface area contributed by atoms with Crippen LogP contribution in [-0.2, 0) is 11.3 Å². The van der Waals surface area contributed by atoms with Gasteiger partial charge in [-0.15, -0.1) is 0 Å². The van der Waals surface area contributed by atoms with Crippen LogP contribution in [-0.4, -0.2) is 30.8 Å². The third kappa shape index (κ3) is 4.18. The zero-order valence-electron chi connectivity index (χ0n) is 12.0. The van der Waals surface area contributed by atoms with Gasteiger partial charge in [0.15, 0.2) is 0 Å². The van der Waals surface area contributed by atoms with Crippen molar-refractivity contribution in [3.63, 3.8) is 0 Å². The van der Waals surface area contributed by atoms with Crippen LogP contribution in [0.3, 0.4) is 0 Å². The monoisotopic (exact) mass is 289 g/mol. The lowest BCUT2D eigenvalue weighted by molar-refractivity contribution is 0.0526. The molecule has 5 heteroatoms. The van der Waals surface area contributed by atoms with Crippen LogP contribution in [0.1, 0.15) is 23.0 Å². The number of carbonyl (C=O) groups excluding carboxylic acids is 1. The van der Waals surface area contributed by atoms with Gasteiger partial charge in [-0.25, -0.2) is 4.79 Å². The van der Waals surface area contributed by atoms with E-state index < -0.39 is 0 Å². The summed E-state index contributed by atoms with van der Waals surface area (Å²) >= 11 is 0. The van der Waals surface area contributed by atoms with Gasteiger partial charge in [0.2, 0.25) is 0 Å². The minimum Gasteiger partial charge on any atom is -0.462 e. The van der Waals surface area contributed by atoms with E-state index in [0.717, 1.165) is 17.1 Å². The van der Waals surface area contributed by atoms with E-state index in [-0.39, 0.29) is 12.6 Å². The number of aliphatic hydroxyl groups excluding tert-OH is 1. The van der Waals surface area contributed by atoms with Gasteiger partial charge in [-0.1, -0.05) is 12.1 Å². The average Bonchev–Trinajstić information content (AvgIpc) is 2.97. The Balaban J connectivity index is 2.03. The molecule has 2 N–H and O–H groups in total. The Morgan fingerprint density at radius 2 is 2.00 bits per heavy atom. The third-order valence-corrected chi connectivity index (χ3v) is 2.93. The van der Waals surface area contributed by atoms with E-state index >= 15 is 0 Å². The fraction of sp³-hybridized carbons (Fsp3) is 0.312. The predicted octanol–water partition coefficient (Wildman–Crippen LogP) is 2.21. The number of nitrogens with one attached hydrogen (secondary N) is 1. The first-order valence-electron chi connectivity index (χ1n) is 6.92. The van der Waals surface area contributed by atoms with Gasteiger partial charge in [-0.05, 0) is 31.2 Å². The van der Waals surface area contributed by atoms with Crippen LogP contribution in [0.2, 0.25) is 0 Å². The number of aliphatic hydroxyl groups is 1. The summed E-state index contributed by atoms with van der Waals surface area (Å²) in [4.78, 5) is 11.6. The first-order chi connectivity index (χ1) is 10.2. The van der Waals surface area contributed by atoms with Crippen LogP contribution in [0.25, 0.3) is 11.3 Å². The van der Waals surface area contributed by atoms with Crippen LogP contribution < -0.4 is 5.32 Å². The maximum Gasteiger partial charge on any atom is 0.338 e. The van der Waals surface area contributed by atoms with Crippen molar-refractivity contribution in [1.82, 2.24) is 5.32 Å². The Labute approximate surface area is 123 Å². The topological polar surface area (TPSA) is 71.7 Å². The fourth-order valence-corrected chi connectivity index (χ4v) is 1.90. The first-order valence-corrected chi connectivity index (χ1v) is 6.92. The summed E-state index contributed by atoms with van der Waals surface area (Å²) in [5, 5.41) is 11.8. The molecule has 2 aromatic rings. The van der Waals surface area contributed by atoms with Crippen molar-refractivity contribution in [1.29, 1.82) is 0 Å². The minimum atomic E-state index is -0.322. The van der Waals surface area contributed by atoms with Crippen LogP contribution in [0.15, 0.2) is 40.8 Å². The number of furan rings is 1. The quantitative estimate of drug-likeness (QED) is 0.604. The molecule has 1 aromatic carbocycles. The molecule has 0 unspecified atom stereocenters. The molecule has 0 bridgehead atoms. The highest BCUT2D eigenvalue weighted by Crippen LogP contribution is 2.22. The molecule has 0 saturated heterocycles. The number of carbonyl (C=O) groups is 1. The normalized spacial score (nSPS) is 10.6. The molecule has 0 atom stereocenters. The smallest absolute Gasteiger partial charge is 0.338 e. The van der Waals surface area contributed by atoms with Gasteiger partial charge in [0.1, 0.15) is 11.5 Å². The SMILES string of the molecule is CCOC(=O)c1ccc(-c2ccc(CNCCO)o2)cc1. The van der Waals surface area contributed by atoms with Crippen LogP contribution in [0, 0.1) is 0 Å². The molecule has 0 amide bonds. The molecule has 0 radical (unpaired) electrons. The number of hydrogen-bond acceptors (Lipinski definition) is 5. The number of rotatable bonds is 7. The second kappa shape index (κ2) is 7.61. The van der Waals surface area contributed by atoms with Crippen LogP contribution in [0.5, 0.6) is 0 Å². The van der Waals surface area contributed by atoms with Gasteiger partial charge in [-0.3, -0.25) is 0 Å². The molecule has 0 aliphatic heterocycles. The Bertz CT molecular complexity index is 574. The lowest BCUT2D eigenvalue weighted by Gasteiger charge is -2.03. The van der Waals surface area contributed by atoms with E-state index in [0.29, 0.717) is 25.3 Å². The molecular formula is C16H19NO4. The molecule has 1 aromatic heterocycles. The van der Waals surface area contributed by atoms with Gasteiger partial charge < -0.3 is 19.6 Å². The molecule has 0 aliphatic carbocycles. The summed E-state index contributed by atoms with van der Waals surface area (Å²) in [6.45, 7) is 3.35. The molecule has 0 spiro atoms. The molecule has 0 fully saturated rings. The Kier molecular flexibility index (Phi) is 5.54. The lowest BCUT2D eigenvalue weighted by Crippen LogP contribution is -2.16. The van der Waals surface area contributed by atoms with Crippen molar-refractivity contribution in [2.24, 2.45) is 0 Å². The predicted molar refractivity (Wildman–Crippen MR) is 78.9 cm³/mol. The number of benzene rings is 1. The van der Waals surface area contributed by atoms with Gasteiger partial charge in [-0.2, -0.15) is 0 Å². The summed E-state index contributed by atoms with van der Waals surface area (Å²) in [5.74, 6) is 1.22. The summed E-state index contributed by atoms with van der Waals surface area (Å²) in [5.41, 5.74) is 1.42. The minimum absolute atomic E-state index is 0.100. The summed E-state index contributed by atoms with van der Waals surface area (Å²) < 4.78 is 10.6. The number of hydrogen-bond donors (Lipinski definition) is 2. The highest BCUT2D eigenvalue weighted by molar-refractivity contribution is 5.89. The lowest BCUT2D eigenvalue weighted by atomic mass is 10.1. The second-order valence-electron chi connectivity index (χ2n) is 4.46. The van der Waals surface area contributed by atoms with Crippen molar-refractivity contribution in [3.05, 3.63) is 47.7 Å². The number of esters is 1. The van der Waals surface area contributed by atoms with E-state index in [1.165, 1.54) is 0 Å². The summed E-state index contributed by atoms with van der Waals surface area (Å²) in [6.07, 6.45) is 0. The fourth-order valence-electron chi connectivity index (χ4n) is 1.90. The average molecular weight is 289 g/mol. The van der Waals surface area contributed by atoms with E-state index in [1.807, 2.05) is 24.3 Å². The van der Waals surface area contributed by atoms with Crippen molar-refractivity contribution in [3.8, 4) is 11.3 Å². The zero-order chi connectivity index (χ0) is 15.1. The molecule has 112 valence electrons. The standard InChI is InChI=1S/C16H19NO4/c1-2-20-16(19)13-5-3-12(4-6-13)15-8-7-14(21-15)11-17-9-10-18/h3-8,17-18H,2,9-11H2,1H3. The zero-order valence-corrected chi connectivity index (χ0v) is 12.0. The maximum absolute atomic E-state index is 11.6. The van der Waals surface area contributed by atoms with Gasteiger partial charge in [0, 0.05) is 12.1 Å². The molecular weight excluding hydrogens is 270 g/mol. The van der Waals surface area contributed by atoms with Gasteiger partial charge >= 0.3 is 5.97 Å². The first kappa shape index (κ1) is 15.3. The van der Waals surface area contributed by atoms with Crippen molar-refractivity contribution >= 4 is 5.97 Å². The summed E-state index contributed by atoms with van der Waals surface area (Å²) in [7, 11) is 0. The van der Waals surface area contributed by atoms with E-state index in [2.05, 4.69) is 5.32 Å². The highest BCUT2D eigenvalue weighted by atomic mass is 16.5. The van der Waals surface area contributed by atoms with Crippen LogP contribution in [0.4, 0.5) is 0 Å². The third-order valence-electron chi connectivity index (χ3n) is 2.93. The van der Waals surface area contributed by atoms with E-state index in [4.69, 9.17) is 14.3 Å². The van der Waals surface area contributed by atoms with Crippen molar-refractivity contribution in [2.45, 2.75) is 13.5 Å². The second-order valence-corrected chi connectivity index (χ2v) is 4.46. The van der Waals surface area contributed by atoms with Crippen molar-refractivity contribution in [2.75, 3.05) is 19.8 Å². The van der Waals surface area contributed by atoms with E-state index in [9.17, 15) is 4.79 Å². The van der Waals surface area contributed by atoms with Crippen LogP contribution >= 0.6 is 0 Å². The Morgan fingerprint density at radius 3 is 2.67 bits per heavy atom. The highest BCUT2D eigenvalue weighted by Gasteiger charge is 2.08. The summed E-state index contributed by atoms with van der Waals surface area (Å²) in [6, 6.07) is 10.9. The Morgan fingerprint density at radius 1 is 1.24 bits per heavy atom. The molecule has 2 rings (SSSR count). The van der Waals surface area contributed by atoms with Gasteiger partial charge in [0.05, 0.1) is 25.3 Å². The van der Waals surface area contributed by atoms with Gasteiger partial charge in [0.25, 0.3) is 0 Å². The molecule has 0 saturated carbocycles. The maximum atomic E-state index is 11.6. The molecule has 1 heterocycles.